The number of piperidine rings is 1. The third-order valence-electron chi connectivity index (χ3n) is 9.69. The van der Waals surface area contributed by atoms with Crippen LogP contribution >= 0.6 is 0 Å². The molecule has 280 valence electrons. The summed E-state index contributed by atoms with van der Waals surface area (Å²) in [7, 11) is -2.15. The van der Waals surface area contributed by atoms with Crippen molar-refractivity contribution in [1.82, 2.24) is 4.31 Å². The van der Waals surface area contributed by atoms with Gasteiger partial charge in [0.2, 0.25) is 10.0 Å². The highest BCUT2D eigenvalue weighted by Gasteiger charge is 2.43. The molecule has 5 rings (SSSR count). The van der Waals surface area contributed by atoms with E-state index in [0.717, 1.165) is 53.2 Å². The van der Waals surface area contributed by atoms with E-state index in [2.05, 4.69) is 35.2 Å². The fraction of sp³-hybridized carbons (Fsp3) is 0.550. The van der Waals surface area contributed by atoms with Crippen molar-refractivity contribution in [3.63, 3.8) is 0 Å². The predicted molar refractivity (Wildman–Crippen MR) is 199 cm³/mol. The Kier molecular flexibility index (Phi) is 14.3. The number of nitrogens with zero attached hydrogens (tertiary/aromatic N) is 2. The molecule has 0 bridgehead atoms. The van der Waals surface area contributed by atoms with E-state index in [9.17, 15) is 13.5 Å². The second-order valence-corrected chi connectivity index (χ2v) is 15.7. The molecule has 1 unspecified atom stereocenters. The zero-order valence-corrected chi connectivity index (χ0v) is 31.6. The lowest BCUT2D eigenvalue weighted by Crippen LogP contribution is -2.53. The van der Waals surface area contributed by atoms with Crippen LogP contribution in [0.5, 0.6) is 5.75 Å². The summed E-state index contributed by atoms with van der Waals surface area (Å²) in [6, 6.07) is 21.0. The molecular formula is C40H56N2O8S. The maximum absolute atomic E-state index is 14.2. The van der Waals surface area contributed by atoms with Crippen LogP contribution in [0, 0.1) is 6.92 Å². The third kappa shape index (κ3) is 10.5. The van der Waals surface area contributed by atoms with E-state index in [1.165, 1.54) is 0 Å². The van der Waals surface area contributed by atoms with Crippen molar-refractivity contribution >= 4 is 15.7 Å². The normalized spacial score (nSPS) is 20.8. The summed E-state index contributed by atoms with van der Waals surface area (Å²) < 4.78 is 59.5. The minimum Gasteiger partial charge on any atom is -0.490 e. The van der Waals surface area contributed by atoms with Crippen molar-refractivity contribution in [2.75, 3.05) is 58.1 Å². The molecule has 3 aromatic rings. The van der Waals surface area contributed by atoms with Gasteiger partial charge in [-0.2, -0.15) is 4.31 Å². The smallest absolute Gasteiger partial charge is 0.243 e. The van der Waals surface area contributed by atoms with Crippen molar-refractivity contribution in [2.24, 2.45) is 0 Å². The Morgan fingerprint density at radius 3 is 2.45 bits per heavy atom. The number of ether oxygens (including phenoxy) is 5. The molecule has 1 saturated heterocycles. The van der Waals surface area contributed by atoms with Crippen LogP contribution in [-0.4, -0.2) is 95.4 Å². The van der Waals surface area contributed by atoms with Gasteiger partial charge < -0.3 is 33.7 Å². The Hall–Kier alpha value is -3.03. The zero-order chi connectivity index (χ0) is 36.4. The molecule has 2 aliphatic heterocycles. The van der Waals surface area contributed by atoms with E-state index in [1.54, 1.807) is 30.5 Å². The van der Waals surface area contributed by atoms with Crippen molar-refractivity contribution in [3.05, 3.63) is 89.0 Å². The van der Waals surface area contributed by atoms with Gasteiger partial charge in [-0.05, 0) is 87.9 Å². The molecule has 0 spiro atoms. The maximum atomic E-state index is 14.2. The molecule has 0 amide bonds. The third-order valence-corrected chi connectivity index (χ3v) is 11.6. The van der Waals surface area contributed by atoms with Crippen molar-refractivity contribution in [3.8, 4) is 5.75 Å². The Bertz CT molecular complexity index is 1620. The van der Waals surface area contributed by atoms with Gasteiger partial charge in [-0.15, -0.1) is 0 Å². The van der Waals surface area contributed by atoms with Gasteiger partial charge in [0.05, 0.1) is 55.3 Å². The molecule has 10 nitrogen and oxygen atoms in total. The molecule has 3 aromatic carbocycles. The Balaban J connectivity index is 1.40. The summed E-state index contributed by atoms with van der Waals surface area (Å²) in [6.45, 7) is 12.7. The van der Waals surface area contributed by atoms with Gasteiger partial charge in [-0.1, -0.05) is 48.0 Å². The minimum atomic E-state index is -3.87. The first-order valence-corrected chi connectivity index (χ1v) is 19.7. The number of benzene rings is 3. The largest absolute Gasteiger partial charge is 0.490 e. The predicted octanol–water partition coefficient (Wildman–Crippen LogP) is 6.08. The monoisotopic (exact) mass is 724 g/mol. The first kappa shape index (κ1) is 39.2. The number of aliphatic hydroxyl groups excluding tert-OH is 1. The Morgan fingerprint density at radius 1 is 1.00 bits per heavy atom. The number of anilines is 1. The van der Waals surface area contributed by atoms with Crippen LogP contribution in [0.4, 0.5) is 5.69 Å². The summed E-state index contributed by atoms with van der Waals surface area (Å²) in [4.78, 5) is 2.57. The van der Waals surface area contributed by atoms with Crippen molar-refractivity contribution < 1.29 is 37.2 Å². The molecule has 2 heterocycles. The average Bonchev–Trinajstić information content (AvgIpc) is 3.11. The van der Waals surface area contributed by atoms with Gasteiger partial charge in [0.25, 0.3) is 0 Å². The second kappa shape index (κ2) is 18.6. The van der Waals surface area contributed by atoms with Crippen LogP contribution < -0.4 is 9.64 Å². The van der Waals surface area contributed by atoms with E-state index in [4.69, 9.17) is 23.7 Å². The molecule has 0 aromatic heterocycles. The molecule has 2 aliphatic rings. The average molecular weight is 725 g/mol. The summed E-state index contributed by atoms with van der Waals surface area (Å²) in [6.07, 6.45) is 0.661. The molecule has 1 N–H and O–H groups in total. The van der Waals surface area contributed by atoms with Gasteiger partial charge >= 0.3 is 0 Å². The summed E-state index contributed by atoms with van der Waals surface area (Å²) in [5.41, 5.74) is 5.12. The van der Waals surface area contributed by atoms with E-state index in [1.807, 2.05) is 45.0 Å². The first-order valence-electron chi connectivity index (χ1n) is 18.2. The highest BCUT2D eigenvalue weighted by molar-refractivity contribution is 7.89. The molecule has 1 fully saturated rings. The fourth-order valence-electron chi connectivity index (χ4n) is 7.06. The lowest BCUT2D eigenvalue weighted by atomic mass is 9.82. The second-order valence-electron chi connectivity index (χ2n) is 13.8. The van der Waals surface area contributed by atoms with Crippen LogP contribution in [0.25, 0.3) is 0 Å². The van der Waals surface area contributed by atoms with Gasteiger partial charge in [-0.25, -0.2) is 8.42 Å². The van der Waals surface area contributed by atoms with E-state index in [-0.39, 0.29) is 23.5 Å². The maximum Gasteiger partial charge on any atom is 0.243 e. The molecule has 51 heavy (non-hydrogen) atoms. The highest BCUT2D eigenvalue weighted by Crippen LogP contribution is 2.39. The SMILES string of the molecule is CCO[C@H](C)COCc1ccc([C@H]2C[C@@H](CC(C)O)N(S(=O)(=O)c3ccc(C)cc3)C[C@@H]2OCc2ccc3c(c2)N(CCCOC)CCO3)cc1. The molecule has 0 aliphatic carbocycles. The van der Waals surface area contributed by atoms with Crippen LogP contribution in [0.3, 0.4) is 0 Å². The Labute approximate surface area is 304 Å². The highest BCUT2D eigenvalue weighted by atomic mass is 32.2. The topological polar surface area (TPSA) is 107 Å². The number of fused-ring (bicyclic) bond motifs is 1. The fourth-order valence-corrected chi connectivity index (χ4v) is 8.72. The number of sulfonamides is 1. The summed E-state index contributed by atoms with van der Waals surface area (Å²) in [5.74, 6) is 0.753. The number of hydrogen-bond donors (Lipinski definition) is 1. The first-order chi connectivity index (χ1) is 24.6. The molecule has 0 saturated carbocycles. The number of aryl methyl sites for hydroxylation is 1. The lowest BCUT2D eigenvalue weighted by molar-refractivity contribution is -0.0254. The van der Waals surface area contributed by atoms with Gasteiger partial charge in [0.1, 0.15) is 12.4 Å². The van der Waals surface area contributed by atoms with Crippen LogP contribution in [0.2, 0.25) is 0 Å². The minimum absolute atomic E-state index is 0.0285. The summed E-state index contributed by atoms with van der Waals surface area (Å²) >= 11 is 0. The van der Waals surface area contributed by atoms with Gasteiger partial charge in [0.15, 0.2) is 0 Å². The molecule has 5 atom stereocenters. The summed E-state index contributed by atoms with van der Waals surface area (Å²) in [5, 5.41) is 10.6. The van der Waals surface area contributed by atoms with Crippen LogP contribution in [-0.2, 0) is 42.2 Å². The zero-order valence-electron chi connectivity index (χ0n) is 30.8. The standard InChI is InChI=1S/C40H56N2O8S/c1-6-48-31(4)26-47-27-32-10-13-34(14-11-32)37-24-35(22-30(3)43)42(51(44,45)36-15-8-29(2)9-16-36)25-40(37)50-28-33-12-17-39-38(23-33)41(19-21-49-39)18-7-20-46-5/h8-17,23,30-31,35,37,40,43H,6-7,18-22,24-28H2,1-5H3/t30?,31-,35-,37-,40+/m1/s1. The van der Waals surface area contributed by atoms with E-state index >= 15 is 0 Å². The molecule has 11 heteroatoms. The van der Waals surface area contributed by atoms with Crippen LogP contribution in [0.15, 0.2) is 71.6 Å². The van der Waals surface area contributed by atoms with Gasteiger partial charge in [-0.3, -0.25) is 0 Å². The van der Waals surface area contributed by atoms with E-state index < -0.39 is 28.3 Å². The van der Waals surface area contributed by atoms with Crippen molar-refractivity contribution in [1.29, 1.82) is 0 Å². The van der Waals surface area contributed by atoms with Crippen LogP contribution in [0.1, 0.15) is 68.2 Å². The molecular weight excluding hydrogens is 669 g/mol. The van der Waals surface area contributed by atoms with E-state index in [0.29, 0.717) is 52.5 Å². The number of aliphatic hydroxyl groups is 1. The number of hydrogen-bond acceptors (Lipinski definition) is 9. The number of methoxy groups -OCH3 is 1. The number of rotatable bonds is 18. The lowest BCUT2D eigenvalue weighted by Gasteiger charge is -2.44. The van der Waals surface area contributed by atoms with Crippen molar-refractivity contribution in [2.45, 2.75) is 95.3 Å². The Morgan fingerprint density at radius 2 is 1.75 bits per heavy atom. The molecule has 0 radical (unpaired) electrons. The van der Waals surface area contributed by atoms with Gasteiger partial charge in [0, 0.05) is 45.4 Å². The quantitative estimate of drug-likeness (QED) is 0.157.